The zero-order valence-electron chi connectivity index (χ0n) is 17.9. The number of hydrogen-bond donors (Lipinski definition) is 0. The minimum atomic E-state index is -0.619. The Labute approximate surface area is 190 Å². The third kappa shape index (κ3) is 4.12. The van der Waals surface area contributed by atoms with Gasteiger partial charge in [0.2, 0.25) is 0 Å². The van der Waals surface area contributed by atoms with Crippen LogP contribution in [-0.2, 0) is 0 Å². The minimum Gasteiger partial charge on any atom is -0.494 e. The van der Waals surface area contributed by atoms with Gasteiger partial charge < -0.3 is 13.9 Å². The zero-order chi connectivity index (χ0) is 22.8. The molecule has 0 aliphatic heterocycles. The van der Waals surface area contributed by atoms with E-state index in [4.69, 9.17) is 25.5 Å². The van der Waals surface area contributed by atoms with Gasteiger partial charge in [0.25, 0.3) is 0 Å². The summed E-state index contributed by atoms with van der Waals surface area (Å²) in [6, 6.07) is 17.2. The van der Waals surface area contributed by atoms with E-state index in [1.165, 1.54) is 6.07 Å². The summed E-state index contributed by atoms with van der Waals surface area (Å²) in [4.78, 5) is 26.0. The highest BCUT2D eigenvalue weighted by Gasteiger charge is 2.20. The molecule has 0 radical (unpaired) electrons. The molecule has 1 aromatic heterocycles. The van der Waals surface area contributed by atoms with E-state index < -0.39 is 5.97 Å². The van der Waals surface area contributed by atoms with Crippen LogP contribution in [0, 0.1) is 13.8 Å². The Morgan fingerprint density at radius 3 is 2.31 bits per heavy atom. The minimum absolute atomic E-state index is 0.224. The summed E-state index contributed by atoms with van der Waals surface area (Å²) in [5.41, 5.74) is 1.40. The van der Waals surface area contributed by atoms with Crippen molar-refractivity contribution in [2.45, 2.75) is 20.8 Å². The van der Waals surface area contributed by atoms with Crippen LogP contribution in [0.3, 0.4) is 0 Å². The van der Waals surface area contributed by atoms with E-state index in [0.717, 1.165) is 11.3 Å². The van der Waals surface area contributed by atoms with Gasteiger partial charge >= 0.3 is 5.97 Å². The first-order valence-corrected chi connectivity index (χ1v) is 10.5. The number of rotatable bonds is 5. The molecular weight excluding hydrogens is 428 g/mol. The van der Waals surface area contributed by atoms with Gasteiger partial charge in [0.15, 0.2) is 5.43 Å². The number of aryl methyl sites for hydroxylation is 2. The average Bonchev–Trinajstić information content (AvgIpc) is 2.98. The van der Waals surface area contributed by atoms with Gasteiger partial charge in [0.1, 0.15) is 23.0 Å². The molecule has 0 amide bonds. The van der Waals surface area contributed by atoms with Gasteiger partial charge in [-0.3, -0.25) is 4.79 Å². The highest BCUT2D eigenvalue weighted by Crippen LogP contribution is 2.34. The maximum Gasteiger partial charge on any atom is 0.345 e. The van der Waals surface area contributed by atoms with E-state index >= 15 is 0 Å². The van der Waals surface area contributed by atoms with Gasteiger partial charge in [-0.25, -0.2) is 4.79 Å². The number of benzene rings is 2. The van der Waals surface area contributed by atoms with Crippen LogP contribution in [0.1, 0.15) is 28.8 Å². The molecule has 0 aliphatic rings. The molecule has 0 fully saturated rings. The Morgan fingerprint density at radius 1 is 0.938 bits per heavy atom. The lowest BCUT2D eigenvalue weighted by atomic mass is 10.1. The Bertz CT molecular complexity index is 1370. The van der Waals surface area contributed by atoms with Gasteiger partial charge in [-0.1, -0.05) is 35.9 Å². The molecule has 6 heteroatoms. The molecule has 0 spiro atoms. The number of carbonyl (C=O) groups excluding carboxylic acids is 1. The summed E-state index contributed by atoms with van der Waals surface area (Å²) in [6.45, 7) is 5.92. The Balaban J connectivity index is 1.90. The molecule has 32 heavy (non-hydrogen) atoms. The third-order valence-corrected chi connectivity index (χ3v) is 5.45. The standard InChI is InChI=1S/C26H21ClO5/c1-4-30-19-11-9-17(10-12-19)18-13-22(28)24-15(2)31-16(3)25(24)23(14-18)32-26(29)20-7-5-6-8-21(20)27/h5-14H,4H2,1-3H3. The van der Waals surface area contributed by atoms with Crippen LogP contribution in [0.4, 0.5) is 0 Å². The second kappa shape index (κ2) is 8.89. The topological polar surface area (TPSA) is 65.7 Å². The Morgan fingerprint density at radius 2 is 1.62 bits per heavy atom. The lowest BCUT2D eigenvalue weighted by Gasteiger charge is -2.07. The fraction of sp³-hybridized carbons (Fsp3) is 0.154. The van der Waals surface area contributed by atoms with Crippen molar-refractivity contribution in [1.29, 1.82) is 0 Å². The lowest BCUT2D eigenvalue weighted by Crippen LogP contribution is -2.09. The maximum atomic E-state index is 13.1. The quantitative estimate of drug-likeness (QED) is 0.333. The summed E-state index contributed by atoms with van der Waals surface area (Å²) in [5.74, 6) is 1.29. The maximum absolute atomic E-state index is 13.1. The summed E-state index contributed by atoms with van der Waals surface area (Å²) in [7, 11) is 0. The fourth-order valence-electron chi connectivity index (χ4n) is 3.68. The first kappa shape index (κ1) is 21.7. The molecule has 3 aromatic carbocycles. The molecule has 0 atom stereocenters. The van der Waals surface area contributed by atoms with Crippen molar-refractivity contribution in [3.8, 4) is 22.6 Å². The first-order chi connectivity index (χ1) is 15.4. The second-order valence-electron chi connectivity index (χ2n) is 7.26. The SMILES string of the molecule is CCOc1ccc(-c2cc(OC(=O)c3ccccc3Cl)c3c(C)oc(C)c3c(=O)c2)cc1. The van der Waals surface area contributed by atoms with E-state index in [0.29, 0.717) is 34.5 Å². The van der Waals surface area contributed by atoms with Crippen LogP contribution in [-0.4, -0.2) is 12.6 Å². The normalized spacial score (nSPS) is 10.9. The van der Waals surface area contributed by atoms with Crippen molar-refractivity contribution >= 4 is 28.3 Å². The fourth-order valence-corrected chi connectivity index (χ4v) is 3.90. The first-order valence-electron chi connectivity index (χ1n) is 10.2. The third-order valence-electron chi connectivity index (χ3n) is 5.12. The monoisotopic (exact) mass is 448 g/mol. The van der Waals surface area contributed by atoms with Crippen LogP contribution in [0.25, 0.3) is 21.9 Å². The van der Waals surface area contributed by atoms with Gasteiger partial charge in [-0.2, -0.15) is 0 Å². The molecule has 0 aliphatic carbocycles. The molecular formula is C26H21ClO5. The molecule has 0 N–H and O–H groups in total. The number of halogens is 1. The van der Waals surface area contributed by atoms with E-state index in [2.05, 4.69) is 0 Å². The molecule has 0 unspecified atom stereocenters. The van der Waals surface area contributed by atoms with Crippen LogP contribution in [0.15, 0.2) is 69.9 Å². The molecule has 162 valence electrons. The molecule has 0 bridgehead atoms. The number of ether oxygens (including phenoxy) is 2. The van der Waals surface area contributed by atoms with Crippen molar-refractivity contribution in [2.75, 3.05) is 6.61 Å². The number of hydrogen-bond acceptors (Lipinski definition) is 5. The zero-order valence-corrected chi connectivity index (χ0v) is 18.7. The molecule has 4 rings (SSSR count). The van der Waals surface area contributed by atoms with Crippen molar-refractivity contribution in [3.05, 3.63) is 93.0 Å². The van der Waals surface area contributed by atoms with E-state index in [1.54, 1.807) is 44.2 Å². The summed E-state index contributed by atoms with van der Waals surface area (Å²) >= 11 is 6.18. The molecule has 4 aromatic rings. The molecule has 5 nitrogen and oxygen atoms in total. The number of esters is 1. The number of carbonyl (C=O) groups is 1. The largest absolute Gasteiger partial charge is 0.494 e. The van der Waals surface area contributed by atoms with Crippen LogP contribution in [0.2, 0.25) is 5.02 Å². The van der Waals surface area contributed by atoms with Gasteiger partial charge in [-0.05, 0) is 68.3 Å². The predicted molar refractivity (Wildman–Crippen MR) is 125 cm³/mol. The van der Waals surface area contributed by atoms with E-state index in [-0.39, 0.29) is 21.8 Å². The molecule has 0 saturated carbocycles. The highest BCUT2D eigenvalue weighted by molar-refractivity contribution is 6.33. The summed E-state index contributed by atoms with van der Waals surface area (Å²) in [6.07, 6.45) is 0. The van der Waals surface area contributed by atoms with Crippen molar-refractivity contribution in [3.63, 3.8) is 0 Å². The van der Waals surface area contributed by atoms with E-state index in [1.807, 2.05) is 31.2 Å². The van der Waals surface area contributed by atoms with Crippen molar-refractivity contribution in [2.24, 2.45) is 0 Å². The van der Waals surface area contributed by atoms with Crippen LogP contribution >= 0.6 is 11.6 Å². The highest BCUT2D eigenvalue weighted by atomic mass is 35.5. The van der Waals surface area contributed by atoms with Crippen molar-refractivity contribution < 1.29 is 18.7 Å². The van der Waals surface area contributed by atoms with Gasteiger partial charge in [0, 0.05) is 0 Å². The lowest BCUT2D eigenvalue weighted by molar-refractivity contribution is 0.0737. The summed E-state index contributed by atoms with van der Waals surface area (Å²) in [5, 5.41) is 1.12. The molecule has 1 heterocycles. The van der Waals surface area contributed by atoms with Gasteiger partial charge in [-0.15, -0.1) is 0 Å². The Hall–Kier alpha value is -3.57. The van der Waals surface area contributed by atoms with E-state index in [9.17, 15) is 9.59 Å². The average molecular weight is 449 g/mol. The number of furan rings is 1. The second-order valence-corrected chi connectivity index (χ2v) is 7.67. The van der Waals surface area contributed by atoms with Crippen LogP contribution < -0.4 is 14.9 Å². The molecule has 0 saturated heterocycles. The number of fused-ring (bicyclic) bond motifs is 1. The van der Waals surface area contributed by atoms with Crippen molar-refractivity contribution in [1.82, 2.24) is 0 Å². The summed E-state index contributed by atoms with van der Waals surface area (Å²) < 4.78 is 17.0. The van der Waals surface area contributed by atoms with Crippen LogP contribution in [0.5, 0.6) is 11.5 Å². The Kier molecular flexibility index (Phi) is 6.01. The smallest absolute Gasteiger partial charge is 0.345 e. The predicted octanol–water partition coefficient (Wildman–Crippen LogP) is 6.35. The van der Waals surface area contributed by atoms with Gasteiger partial charge in [0.05, 0.1) is 28.0 Å².